The van der Waals surface area contributed by atoms with Crippen LogP contribution >= 0.6 is 11.3 Å². The molecule has 1 aromatic heterocycles. The van der Waals surface area contributed by atoms with Crippen molar-refractivity contribution in [3.63, 3.8) is 0 Å². The molecule has 2 aromatic carbocycles. The van der Waals surface area contributed by atoms with E-state index in [-0.39, 0.29) is 22.1 Å². The average molecular weight is 429 g/mol. The maximum absolute atomic E-state index is 13.2. The zero-order valence-corrected chi connectivity index (χ0v) is 17.9. The van der Waals surface area contributed by atoms with Crippen LogP contribution in [-0.2, 0) is 14.8 Å². The molecule has 0 saturated heterocycles. The zero-order valence-electron chi connectivity index (χ0n) is 16.3. The summed E-state index contributed by atoms with van der Waals surface area (Å²) in [6.07, 6.45) is 0. The molecule has 0 fully saturated rings. The van der Waals surface area contributed by atoms with Crippen LogP contribution in [-0.4, -0.2) is 20.4 Å². The summed E-state index contributed by atoms with van der Waals surface area (Å²) >= 11 is 1.12. The summed E-state index contributed by atoms with van der Waals surface area (Å²) in [6, 6.07) is 21.2. The number of hydrogen-bond acceptors (Lipinski definition) is 4. The molecule has 0 aliphatic heterocycles. The van der Waals surface area contributed by atoms with Crippen molar-refractivity contribution in [2.45, 2.75) is 30.1 Å². The minimum atomic E-state index is -3.76. The number of carbonyl (C=O) groups excluding carboxylic acids is 1. The first-order valence-electron chi connectivity index (χ1n) is 9.34. The van der Waals surface area contributed by atoms with Gasteiger partial charge >= 0.3 is 0 Å². The van der Waals surface area contributed by atoms with Crippen molar-refractivity contribution < 1.29 is 13.2 Å². The molecule has 1 amide bonds. The molecule has 0 saturated carbocycles. The van der Waals surface area contributed by atoms with Crippen molar-refractivity contribution >= 4 is 27.3 Å². The van der Waals surface area contributed by atoms with E-state index in [0.29, 0.717) is 0 Å². The van der Waals surface area contributed by atoms with E-state index < -0.39 is 16.1 Å². The third kappa shape index (κ3) is 5.32. The Hall–Kier alpha value is -2.48. The summed E-state index contributed by atoms with van der Waals surface area (Å²) in [6.45, 7) is 3.64. The van der Waals surface area contributed by atoms with Gasteiger partial charge < -0.3 is 5.32 Å². The predicted octanol–water partition coefficient (Wildman–Crippen LogP) is 3.96. The predicted molar refractivity (Wildman–Crippen MR) is 116 cm³/mol. The normalized spacial score (nSPS) is 12.8. The molecule has 3 aromatic rings. The standard InChI is InChI=1S/C22H24N2O3S2/c1-16(2)20(24-29(26,27)19-14-9-15-28-19)22(25)23-21(17-10-5-3-6-11-17)18-12-7-4-8-13-18/h3-16,20-21,24H,1-2H3,(H,23,25)/t20-/m1/s1. The summed E-state index contributed by atoms with van der Waals surface area (Å²) in [5.74, 6) is -0.588. The maximum Gasteiger partial charge on any atom is 0.250 e. The fraction of sp³-hybridized carbons (Fsp3) is 0.227. The van der Waals surface area contributed by atoms with Gasteiger partial charge in [0.15, 0.2) is 0 Å². The van der Waals surface area contributed by atoms with E-state index in [0.717, 1.165) is 22.5 Å². The first kappa shape index (κ1) is 21.2. The number of sulfonamides is 1. The van der Waals surface area contributed by atoms with Crippen molar-refractivity contribution in [3.8, 4) is 0 Å². The number of carbonyl (C=O) groups is 1. The molecular weight excluding hydrogens is 404 g/mol. The topological polar surface area (TPSA) is 75.3 Å². The van der Waals surface area contributed by atoms with E-state index in [4.69, 9.17) is 0 Å². The van der Waals surface area contributed by atoms with Gasteiger partial charge in [0.2, 0.25) is 5.91 Å². The molecule has 0 unspecified atom stereocenters. The number of rotatable bonds is 8. The van der Waals surface area contributed by atoms with Crippen LogP contribution in [0.2, 0.25) is 0 Å². The highest BCUT2D eigenvalue weighted by molar-refractivity contribution is 7.91. The molecule has 0 aliphatic carbocycles. The van der Waals surface area contributed by atoms with Crippen molar-refractivity contribution in [1.29, 1.82) is 0 Å². The largest absolute Gasteiger partial charge is 0.344 e. The Labute approximate surface area is 175 Å². The lowest BCUT2D eigenvalue weighted by Crippen LogP contribution is -2.50. The van der Waals surface area contributed by atoms with Gasteiger partial charge in [0.25, 0.3) is 10.0 Å². The van der Waals surface area contributed by atoms with Crippen LogP contribution in [0.5, 0.6) is 0 Å². The third-order valence-corrected chi connectivity index (χ3v) is 7.38. The smallest absolute Gasteiger partial charge is 0.250 e. The van der Waals surface area contributed by atoms with Gasteiger partial charge in [-0.2, -0.15) is 4.72 Å². The highest BCUT2D eigenvalue weighted by atomic mass is 32.2. The zero-order chi connectivity index (χ0) is 20.9. The van der Waals surface area contributed by atoms with Crippen LogP contribution in [0.25, 0.3) is 0 Å². The van der Waals surface area contributed by atoms with Crippen LogP contribution in [0.4, 0.5) is 0 Å². The van der Waals surface area contributed by atoms with Crippen LogP contribution in [0, 0.1) is 5.92 Å². The molecule has 1 atom stereocenters. The quantitative estimate of drug-likeness (QED) is 0.570. The van der Waals surface area contributed by atoms with Gasteiger partial charge in [-0.15, -0.1) is 11.3 Å². The SMILES string of the molecule is CC(C)[C@@H](NS(=O)(=O)c1cccs1)C(=O)NC(c1ccccc1)c1ccccc1. The Morgan fingerprint density at radius 2 is 1.41 bits per heavy atom. The molecule has 0 spiro atoms. The summed E-state index contributed by atoms with van der Waals surface area (Å²) in [5, 5.41) is 4.73. The molecule has 0 radical (unpaired) electrons. The lowest BCUT2D eigenvalue weighted by Gasteiger charge is -2.26. The second kappa shape index (κ2) is 9.35. The number of amides is 1. The Balaban J connectivity index is 1.87. The lowest BCUT2D eigenvalue weighted by molar-refractivity contribution is -0.124. The molecule has 29 heavy (non-hydrogen) atoms. The van der Waals surface area contributed by atoms with Crippen LogP contribution < -0.4 is 10.0 Å². The van der Waals surface area contributed by atoms with Crippen LogP contribution in [0.3, 0.4) is 0 Å². The van der Waals surface area contributed by atoms with Gasteiger partial charge in [-0.3, -0.25) is 4.79 Å². The van der Waals surface area contributed by atoms with E-state index in [1.165, 1.54) is 6.07 Å². The Kier molecular flexibility index (Phi) is 6.84. The summed E-state index contributed by atoms with van der Waals surface area (Å²) in [4.78, 5) is 13.2. The van der Waals surface area contributed by atoms with Crippen molar-refractivity contribution in [1.82, 2.24) is 10.0 Å². The fourth-order valence-corrected chi connectivity index (χ4v) is 5.37. The molecule has 1 heterocycles. The van der Waals surface area contributed by atoms with Gasteiger partial charge in [-0.25, -0.2) is 8.42 Å². The molecule has 5 nitrogen and oxygen atoms in total. The molecule has 0 aliphatic rings. The van der Waals surface area contributed by atoms with Gasteiger partial charge in [0, 0.05) is 0 Å². The Morgan fingerprint density at radius 3 is 1.86 bits per heavy atom. The highest BCUT2D eigenvalue weighted by Gasteiger charge is 2.30. The summed E-state index contributed by atoms with van der Waals surface area (Å²) < 4.78 is 28.1. The van der Waals surface area contributed by atoms with Gasteiger partial charge in [-0.05, 0) is 28.5 Å². The van der Waals surface area contributed by atoms with E-state index >= 15 is 0 Å². The molecule has 2 N–H and O–H groups in total. The number of hydrogen-bond donors (Lipinski definition) is 2. The van der Waals surface area contributed by atoms with E-state index in [1.807, 2.05) is 74.5 Å². The monoisotopic (exact) mass is 428 g/mol. The number of nitrogens with one attached hydrogen (secondary N) is 2. The van der Waals surface area contributed by atoms with Crippen molar-refractivity contribution in [3.05, 3.63) is 89.3 Å². The minimum Gasteiger partial charge on any atom is -0.344 e. The van der Waals surface area contributed by atoms with Crippen LogP contribution in [0.1, 0.15) is 31.0 Å². The van der Waals surface area contributed by atoms with E-state index in [1.54, 1.807) is 11.4 Å². The van der Waals surface area contributed by atoms with E-state index in [9.17, 15) is 13.2 Å². The molecule has 3 rings (SSSR count). The molecule has 0 bridgehead atoms. The van der Waals surface area contributed by atoms with Crippen LogP contribution in [0.15, 0.2) is 82.4 Å². The lowest BCUT2D eigenvalue weighted by atomic mass is 9.97. The Morgan fingerprint density at radius 1 is 0.862 bits per heavy atom. The first-order chi connectivity index (χ1) is 13.9. The second-order valence-corrected chi connectivity index (χ2v) is 9.93. The van der Waals surface area contributed by atoms with Gasteiger partial charge in [0.05, 0.1) is 6.04 Å². The van der Waals surface area contributed by atoms with Crippen molar-refractivity contribution in [2.24, 2.45) is 5.92 Å². The minimum absolute atomic E-state index is 0.193. The molecule has 7 heteroatoms. The Bertz CT molecular complexity index is 979. The first-order valence-corrected chi connectivity index (χ1v) is 11.7. The third-order valence-electron chi connectivity index (χ3n) is 4.54. The maximum atomic E-state index is 13.2. The molecular formula is C22H24N2O3S2. The average Bonchev–Trinajstić information content (AvgIpc) is 3.27. The number of thiophene rings is 1. The highest BCUT2D eigenvalue weighted by Crippen LogP contribution is 2.23. The van der Waals surface area contributed by atoms with E-state index in [2.05, 4.69) is 10.0 Å². The van der Waals surface area contributed by atoms with Crippen molar-refractivity contribution in [2.75, 3.05) is 0 Å². The fourth-order valence-electron chi connectivity index (χ4n) is 3.02. The summed E-state index contributed by atoms with van der Waals surface area (Å²) in [5.41, 5.74) is 1.85. The number of benzene rings is 2. The van der Waals surface area contributed by atoms with Gasteiger partial charge in [-0.1, -0.05) is 80.6 Å². The second-order valence-electron chi connectivity index (χ2n) is 7.04. The molecule has 152 valence electrons. The summed E-state index contributed by atoms with van der Waals surface area (Å²) in [7, 11) is -3.76. The van der Waals surface area contributed by atoms with Gasteiger partial charge in [0.1, 0.15) is 10.3 Å².